The number of halogens is 1. The number of nitrogens with two attached hydrogens (primary N) is 1. The van der Waals surface area contributed by atoms with E-state index in [9.17, 15) is 4.79 Å². The van der Waals surface area contributed by atoms with Crippen LogP contribution in [0.2, 0.25) is 0 Å². The average Bonchev–Trinajstić information content (AvgIpc) is 2.87. The molecule has 6 nitrogen and oxygen atoms in total. The van der Waals surface area contributed by atoms with Crippen molar-refractivity contribution >= 4 is 21.9 Å². The molecule has 2 atom stereocenters. The number of carbonyl (C=O) groups excluding carboxylic acids is 1. The molecule has 2 unspecified atom stereocenters. The first-order valence-electron chi connectivity index (χ1n) is 6.03. The summed E-state index contributed by atoms with van der Waals surface area (Å²) < 4.78 is 7.13. The maximum Gasteiger partial charge on any atom is 0.377 e. The number of methoxy groups -OCH3 is 1. The maximum absolute atomic E-state index is 11.4. The number of hydrogen-bond donors (Lipinski definition) is 1. The zero-order chi connectivity index (χ0) is 14.7. The fourth-order valence-electron chi connectivity index (χ4n) is 1.98. The monoisotopic (exact) mass is 338 g/mol. The first-order chi connectivity index (χ1) is 9.52. The van der Waals surface area contributed by atoms with Crippen molar-refractivity contribution in [3.8, 4) is 0 Å². The van der Waals surface area contributed by atoms with Gasteiger partial charge in [0.15, 0.2) is 0 Å². The number of carbonyl (C=O) groups is 1. The van der Waals surface area contributed by atoms with Gasteiger partial charge >= 0.3 is 5.97 Å². The number of nitrogens with zero attached hydrogens (tertiary/aromatic N) is 3. The van der Waals surface area contributed by atoms with Crippen molar-refractivity contribution in [2.75, 3.05) is 7.11 Å². The zero-order valence-electron chi connectivity index (χ0n) is 11.2. The number of rotatable bonds is 4. The van der Waals surface area contributed by atoms with Crippen LogP contribution in [0, 0.1) is 0 Å². The second kappa shape index (κ2) is 6.15. The molecule has 1 heterocycles. The van der Waals surface area contributed by atoms with Gasteiger partial charge in [0.25, 0.3) is 5.82 Å². The first kappa shape index (κ1) is 14.7. The van der Waals surface area contributed by atoms with Crippen molar-refractivity contribution < 1.29 is 9.53 Å². The fraction of sp³-hybridized carbons (Fsp3) is 0.308. The molecule has 0 bridgehead atoms. The Morgan fingerprint density at radius 2 is 2.25 bits per heavy atom. The molecular formula is C13H15BrN4O2. The summed E-state index contributed by atoms with van der Waals surface area (Å²) in [5, 5.41) is 4.14. The van der Waals surface area contributed by atoms with E-state index >= 15 is 0 Å². The third-order valence-electron chi connectivity index (χ3n) is 2.85. The minimum absolute atomic E-state index is 0.0214. The van der Waals surface area contributed by atoms with Crippen molar-refractivity contribution in [3.63, 3.8) is 0 Å². The van der Waals surface area contributed by atoms with Crippen LogP contribution >= 0.6 is 15.9 Å². The Labute approximate surface area is 125 Å². The topological polar surface area (TPSA) is 83.0 Å². The van der Waals surface area contributed by atoms with Gasteiger partial charge in [-0.2, -0.15) is 0 Å². The molecule has 0 saturated heterocycles. The van der Waals surface area contributed by atoms with Crippen LogP contribution < -0.4 is 5.73 Å². The molecule has 1 aromatic heterocycles. The summed E-state index contributed by atoms with van der Waals surface area (Å²) in [4.78, 5) is 15.4. The van der Waals surface area contributed by atoms with Gasteiger partial charge in [-0.1, -0.05) is 28.1 Å². The summed E-state index contributed by atoms with van der Waals surface area (Å²) in [6, 6.07) is 7.37. The Balaban J connectivity index is 2.39. The highest BCUT2D eigenvalue weighted by atomic mass is 79.9. The number of ether oxygens (including phenoxy) is 1. The van der Waals surface area contributed by atoms with Crippen LogP contribution in [0.25, 0.3) is 0 Å². The predicted octanol–water partition coefficient (Wildman–Crippen LogP) is 1.76. The summed E-state index contributed by atoms with van der Waals surface area (Å²) >= 11 is 3.43. The summed E-state index contributed by atoms with van der Waals surface area (Å²) in [5.41, 5.74) is 7.03. The number of esters is 1. The number of hydrogen-bond acceptors (Lipinski definition) is 5. The lowest BCUT2D eigenvalue weighted by Crippen LogP contribution is -2.30. The van der Waals surface area contributed by atoms with Gasteiger partial charge in [-0.25, -0.2) is 14.5 Å². The molecule has 0 radical (unpaired) electrons. The molecule has 7 heteroatoms. The van der Waals surface area contributed by atoms with Gasteiger partial charge in [-0.15, -0.1) is 5.10 Å². The molecule has 0 aliphatic heterocycles. The smallest absolute Gasteiger partial charge is 0.377 e. The van der Waals surface area contributed by atoms with Gasteiger partial charge in [0.05, 0.1) is 13.2 Å². The minimum atomic E-state index is -0.568. The van der Waals surface area contributed by atoms with Gasteiger partial charge in [0.2, 0.25) is 0 Å². The van der Waals surface area contributed by atoms with Crippen molar-refractivity contribution in [1.82, 2.24) is 14.8 Å². The van der Waals surface area contributed by atoms with Gasteiger partial charge in [-0.3, -0.25) is 0 Å². The van der Waals surface area contributed by atoms with Gasteiger partial charge < -0.3 is 10.5 Å². The third kappa shape index (κ3) is 3.05. The Morgan fingerprint density at radius 3 is 2.85 bits per heavy atom. The van der Waals surface area contributed by atoms with Crippen LogP contribution in [0.1, 0.15) is 29.1 Å². The van der Waals surface area contributed by atoms with E-state index in [0.29, 0.717) is 0 Å². The van der Waals surface area contributed by atoms with Crippen LogP contribution in [-0.2, 0) is 4.74 Å². The normalized spacial score (nSPS) is 13.8. The van der Waals surface area contributed by atoms with E-state index in [4.69, 9.17) is 5.73 Å². The Hall–Kier alpha value is -1.73. The minimum Gasteiger partial charge on any atom is -0.463 e. The molecule has 0 aliphatic carbocycles. The standard InChI is InChI=1S/C13H15BrN4O2/c1-8(15)11(9-4-3-5-10(14)6-9)18-7-16-12(17-18)13(19)20-2/h3-8,11H,15H2,1-2H3. The molecule has 2 aromatic rings. The second-order valence-corrected chi connectivity index (χ2v) is 5.31. The van der Waals surface area contributed by atoms with Crippen molar-refractivity contribution in [3.05, 3.63) is 46.5 Å². The Kier molecular flexibility index (Phi) is 4.51. The van der Waals surface area contributed by atoms with E-state index in [1.165, 1.54) is 13.4 Å². The molecule has 0 fully saturated rings. The number of aromatic nitrogens is 3. The molecule has 0 spiro atoms. The molecule has 0 saturated carbocycles. The lowest BCUT2D eigenvalue weighted by molar-refractivity contribution is 0.0586. The van der Waals surface area contributed by atoms with E-state index in [1.54, 1.807) is 4.68 Å². The molecular weight excluding hydrogens is 324 g/mol. The highest BCUT2D eigenvalue weighted by Gasteiger charge is 2.22. The van der Waals surface area contributed by atoms with Crippen LogP contribution in [0.15, 0.2) is 35.1 Å². The fourth-order valence-corrected chi connectivity index (χ4v) is 2.40. The van der Waals surface area contributed by atoms with E-state index in [-0.39, 0.29) is 17.9 Å². The van der Waals surface area contributed by atoms with Crippen LogP contribution in [0.5, 0.6) is 0 Å². The lowest BCUT2D eigenvalue weighted by atomic mass is 10.0. The Bertz CT molecular complexity index is 612. The van der Waals surface area contributed by atoms with E-state index in [0.717, 1.165) is 10.0 Å². The molecule has 20 heavy (non-hydrogen) atoms. The summed E-state index contributed by atoms with van der Waals surface area (Å²) in [6.45, 7) is 1.88. The van der Waals surface area contributed by atoms with Crippen LogP contribution in [-0.4, -0.2) is 33.9 Å². The van der Waals surface area contributed by atoms with Gasteiger partial charge in [0, 0.05) is 10.5 Å². The van der Waals surface area contributed by atoms with Crippen LogP contribution in [0.4, 0.5) is 0 Å². The molecule has 2 N–H and O–H groups in total. The first-order valence-corrected chi connectivity index (χ1v) is 6.82. The summed E-state index contributed by atoms with van der Waals surface area (Å²) in [5.74, 6) is -0.547. The predicted molar refractivity (Wildman–Crippen MR) is 77.3 cm³/mol. The quantitative estimate of drug-likeness (QED) is 0.859. The largest absolute Gasteiger partial charge is 0.463 e. The van der Waals surface area contributed by atoms with Crippen molar-refractivity contribution in [2.45, 2.75) is 19.0 Å². The van der Waals surface area contributed by atoms with Crippen molar-refractivity contribution in [1.29, 1.82) is 0 Å². The van der Waals surface area contributed by atoms with Crippen molar-refractivity contribution in [2.24, 2.45) is 5.73 Å². The molecule has 1 aromatic carbocycles. The Morgan fingerprint density at radius 1 is 1.50 bits per heavy atom. The highest BCUT2D eigenvalue weighted by Crippen LogP contribution is 2.23. The number of benzene rings is 1. The summed E-state index contributed by atoms with van der Waals surface area (Å²) in [7, 11) is 1.29. The zero-order valence-corrected chi connectivity index (χ0v) is 12.7. The molecule has 106 valence electrons. The molecule has 0 aliphatic rings. The molecule has 0 amide bonds. The van der Waals surface area contributed by atoms with Crippen LogP contribution in [0.3, 0.4) is 0 Å². The lowest BCUT2D eigenvalue weighted by Gasteiger charge is -2.21. The van der Waals surface area contributed by atoms with Gasteiger partial charge in [-0.05, 0) is 24.6 Å². The third-order valence-corrected chi connectivity index (χ3v) is 3.34. The van der Waals surface area contributed by atoms with Gasteiger partial charge in [0.1, 0.15) is 6.33 Å². The maximum atomic E-state index is 11.4. The van der Waals surface area contributed by atoms with E-state index in [2.05, 4.69) is 30.7 Å². The average molecular weight is 339 g/mol. The summed E-state index contributed by atoms with van der Waals surface area (Å²) in [6.07, 6.45) is 1.49. The van der Waals surface area contributed by atoms with E-state index in [1.807, 2.05) is 31.2 Å². The second-order valence-electron chi connectivity index (χ2n) is 4.40. The SMILES string of the molecule is COC(=O)c1ncn(C(c2cccc(Br)c2)C(C)N)n1. The van der Waals surface area contributed by atoms with E-state index < -0.39 is 5.97 Å². The highest BCUT2D eigenvalue weighted by molar-refractivity contribution is 9.10. The molecule has 2 rings (SSSR count).